The third kappa shape index (κ3) is 2.66. The number of rotatable bonds is 3. The maximum atomic E-state index is 10.9. The number of aromatic nitrogens is 1. The summed E-state index contributed by atoms with van der Waals surface area (Å²) in [5.74, 6) is 0.176. The summed E-state index contributed by atoms with van der Waals surface area (Å²) >= 11 is 1.43. The second kappa shape index (κ2) is 4.18. The summed E-state index contributed by atoms with van der Waals surface area (Å²) in [6.07, 6.45) is 1.23. The third-order valence-electron chi connectivity index (χ3n) is 1.53. The number of anilines is 1. The first-order valence-corrected chi connectivity index (χ1v) is 4.90. The SMILES string of the molecule is C=CC(=O)Nc1nc(C(C)C)cs1. The van der Waals surface area contributed by atoms with Crippen LogP contribution in [0.1, 0.15) is 25.5 Å². The van der Waals surface area contributed by atoms with Gasteiger partial charge in [0.2, 0.25) is 5.91 Å². The molecule has 1 aromatic rings. The van der Waals surface area contributed by atoms with E-state index in [-0.39, 0.29) is 5.91 Å². The molecule has 13 heavy (non-hydrogen) atoms. The van der Waals surface area contributed by atoms with Gasteiger partial charge in [0.1, 0.15) is 0 Å². The minimum Gasteiger partial charge on any atom is -0.298 e. The van der Waals surface area contributed by atoms with Crippen LogP contribution in [0.2, 0.25) is 0 Å². The highest BCUT2D eigenvalue weighted by molar-refractivity contribution is 7.13. The molecule has 1 rings (SSSR count). The van der Waals surface area contributed by atoms with E-state index in [4.69, 9.17) is 0 Å². The minimum absolute atomic E-state index is 0.218. The first-order valence-electron chi connectivity index (χ1n) is 4.02. The highest BCUT2D eigenvalue weighted by Gasteiger charge is 2.06. The topological polar surface area (TPSA) is 42.0 Å². The predicted octanol–water partition coefficient (Wildman–Crippen LogP) is 2.39. The largest absolute Gasteiger partial charge is 0.298 e. The van der Waals surface area contributed by atoms with Gasteiger partial charge in [0, 0.05) is 5.38 Å². The molecule has 0 fully saturated rings. The summed E-state index contributed by atoms with van der Waals surface area (Å²) in [5.41, 5.74) is 1.00. The molecule has 70 valence electrons. The summed E-state index contributed by atoms with van der Waals surface area (Å²) in [7, 11) is 0. The molecule has 0 saturated carbocycles. The van der Waals surface area contributed by atoms with E-state index in [0.29, 0.717) is 11.0 Å². The van der Waals surface area contributed by atoms with Crippen LogP contribution >= 0.6 is 11.3 Å². The highest BCUT2D eigenvalue weighted by atomic mass is 32.1. The lowest BCUT2D eigenvalue weighted by Crippen LogP contribution is -2.06. The van der Waals surface area contributed by atoms with Gasteiger partial charge in [-0.2, -0.15) is 0 Å². The normalized spacial score (nSPS) is 10.1. The van der Waals surface area contributed by atoms with Gasteiger partial charge >= 0.3 is 0 Å². The smallest absolute Gasteiger partial charge is 0.249 e. The zero-order valence-corrected chi connectivity index (χ0v) is 8.52. The van der Waals surface area contributed by atoms with E-state index in [1.165, 1.54) is 17.4 Å². The number of nitrogens with one attached hydrogen (secondary N) is 1. The quantitative estimate of drug-likeness (QED) is 0.754. The van der Waals surface area contributed by atoms with Crippen LogP contribution in [-0.4, -0.2) is 10.9 Å². The van der Waals surface area contributed by atoms with Crippen LogP contribution in [0, 0.1) is 0 Å². The lowest BCUT2D eigenvalue weighted by atomic mass is 10.2. The average Bonchev–Trinajstić information content (AvgIpc) is 2.52. The zero-order valence-electron chi connectivity index (χ0n) is 7.70. The van der Waals surface area contributed by atoms with E-state index < -0.39 is 0 Å². The summed E-state index contributed by atoms with van der Waals surface area (Å²) in [4.78, 5) is 15.1. The molecule has 0 saturated heterocycles. The fourth-order valence-corrected chi connectivity index (χ4v) is 1.64. The van der Waals surface area contributed by atoms with E-state index in [2.05, 4.69) is 30.7 Å². The lowest BCUT2D eigenvalue weighted by Gasteiger charge is -1.97. The van der Waals surface area contributed by atoms with Crippen molar-refractivity contribution in [1.29, 1.82) is 0 Å². The number of nitrogens with zero attached hydrogens (tertiary/aromatic N) is 1. The summed E-state index contributed by atoms with van der Waals surface area (Å²) in [5, 5.41) is 5.20. The summed E-state index contributed by atoms with van der Waals surface area (Å²) in [6, 6.07) is 0. The van der Waals surface area contributed by atoms with Gasteiger partial charge in [-0.25, -0.2) is 4.98 Å². The van der Waals surface area contributed by atoms with Gasteiger partial charge in [-0.3, -0.25) is 10.1 Å². The van der Waals surface area contributed by atoms with E-state index >= 15 is 0 Å². The molecule has 0 spiro atoms. The molecule has 0 bridgehead atoms. The Kier molecular flexibility index (Phi) is 3.19. The number of hydrogen-bond acceptors (Lipinski definition) is 3. The van der Waals surface area contributed by atoms with Crippen LogP contribution in [0.4, 0.5) is 5.13 Å². The molecular formula is C9H12N2OS. The fourth-order valence-electron chi connectivity index (χ4n) is 0.765. The number of carbonyl (C=O) groups is 1. The molecule has 3 nitrogen and oxygen atoms in total. The maximum Gasteiger partial charge on any atom is 0.249 e. The van der Waals surface area contributed by atoms with Gasteiger partial charge in [-0.05, 0) is 12.0 Å². The Balaban J connectivity index is 2.69. The molecule has 1 N–H and O–H groups in total. The first-order chi connectivity index (χ1) is 6.13. The predicted molar refractivity (Wildman–Crippen MR) is 55.0 cm³/mol. The van der Waals surface area contributed by atoms with Crippen molar-refractivity contribution in [3.63, 3.8) is 0 Å². The molecule has 4 heteroatoms. The molecule has 1 amide bonds. The van der Waals surface area contributed by atoms with Crippen LogP contribution in [0.3, 0.4) is 0 Å². The molecule has 1 heterocycles. The van der Waals surface area contributed by atoms with Gasteiger partial charge in [-0.1, -0.05) is 20.4 Å². The van der Waals surface area contributed by atoms with Crippen molar-refractivity contribution in [2.24, 2.45) is 0 Å². The standard InChI is InChI=1S/C9H12N2OS/c1-4-8(12)11-9-10-7(5-13-9)6(2)3/h4-6H,1H2,2-3H3,(H,10,11,12). The Morgan fingerprint density at radius 1 is 1.77 bits per heavy atom. The number of carbonyl (C=O) groups excluding carboxylic acids is 1. The Labute approximate surface area is 81.5 Å². The van der Waals surface area contributed by atoms with Gasteiger partial charge in [0.05, 0.1) is 5.69 Å². The fraction of sp³-hybridized carbons (Fsp3) is 0.333. The number of hydrogen-bond donors (Lipinski definition) is 1. The van der Waals surface area contributed by atoms with Crippen molar-refractivity contribution >= 4 is 22.4 Å². The Hall–Kier alpha value is -1.16. The van der Waals surface area contributed by atoms with Crippen molar-refractivity contribution in [2.45, 2.75) is 19.8 Å². The van der Waals surface area contributed by atoms with Crippen molar-refractivity contribution in [3.8, 4) is 0 Å². The molecule has 0 aliphatic rings. The molecule has 0 unspecified atom stereocenters. The van der Waals surface area contributed by atoms with E-state index in [1.807, 2.05) is 5.38 Å². The van der Waals surface area contributed by atoms with Crippen molar-refractivity contribution < 1.29 is 4.79 Å². The second-order valence-corrected chi connectivity index (χ2v) is 3.78. The van der Waals surface area contributed by atoms with Crippen LogP contribution < -0.4 is 5.32 Å². The van der Waals surface area contributed by atoms with E-state index in [9.17, 15) is 4.79 Å². The first kappa shape index (κ1) is 9.92. The maximum absolute atomic E-state index is 10.9. The molecule has 0 aliphatic carbocycles. The third-order valence-corrected chi connectivity index (χ3v) is 2.30. The Bertz CT molecular complexity index is 317. The summed E-state index contributed by atoms with van der Waals surface area (Å²) < 4.78 is 0. The van der Waals surface area contributed by atoms with Crippen LogP contribution in [0.25, 0.3) is 0 Å². The Morgan fingerprint density at radius 2 is 2.46 bits per heavy atom. The lowest BCUT2D eigenvalue weighted by molar-refractivity contribution is -0.111. The minimum atomic E-state index is -0.218. The van der Waals surface area contributed by atoms with Crippen molar-refractivity contribution in [3.05, 3.63) is 23.7 Å². The molecule has 1 aromatic heterocycles. The van der Waals surface area contributed by atoms with Crippen molar-refractivity contribution in [2.75, 3.05) is 5.32 Å². The molecule has 0 atom stereocenters. The van der Waals surface area contributed by atoms with Crippen molar-refractivity contribution in [1.82, 2.24) is 4.98 Å². The molecular weight excluding hydrogens is 184 g/mol. The average molecular weight is 196 g/mol. The summed E-state index contributed by atoms with van der Waals surface area (Å²) in [6.45, 7) is 7.49. The van der Waals surface area contributed by atoms with Gasteiger partial charge in [0.15, 0.2) is 5.13 Å². The number of amides is 1. The van der Waals surface area contributed by atoms with E-state index in [0.717, 1.165) is 5.69 Å². The van der Waals surface area contributed by atoms with Crippen LogP contribution in [0.15, 0.2) is 18.0 Å². The molecule has 0 aliphatic heterocycles. The number of thiazole rings is 1. The Morgan fingerprint density at radius 3 is 2.92 bits per heavy atom. The van der Waals surface area contributed by atoms with Gasteiger partial charge in [0.25, 0.3) is 0 Å². The molecule has 0 radical (unpaired) electrons. The van der Waals surface area contributed by atoms with Gasteiger partial charge < -0.3 is 0 Å². The monoisotopic (exact) mass is 196 g/mol. The zero-order chi connectivity index (χ0) is 9.84. The van der Waals surface area contributed by atoms with Crippen LogP contribution in [0.5, 0.6) is 0 Å². The highest BCUT2D eigenvalue weighted by Crippen LogP contribution is 2.21. The second-order valence-electron chi connectivity index (χ2n) is 2.93. The molecule has 0 aromatic carbocycles. The van der Waals surface area contributed by atoms with E-state index in [1.54, 1.807) is 0 Å². The van der Waals surface area contributed by atoms with Gasteiger partial charge in [-0.15, -0.1) is 11.3 Å². The van der Waals surface area contributed by atoms with Crippen LogP contribution in [-0.2, 0) is 4.79 Å².